The highest BCUT2D eigenvalue weighted by molar-refractivity contribution is 7.09. The number of rotatable bonds is 5. The summed E-state index contributed by atoms with van der Waals surface area (Å²) in [4.78, 5) is 18.8. The number of hydrogen-bond acceptors (Lipinski definition) is 4. The maximum Gasteiger partial charge on any atom is 0.339 e. The highest BCUT2D eigenvalue weighted by atomic mass is 32.1. The van der Waals surface area contributed by atoms with Crippen LogP contribution >= 0.6 is 11.3 Å². The summed E-state index contributed by atoms with van der Waals surface area (Å²) in [5.74, 6) is -0.381. The van der Waals surface area contributed by atoms with Crippen LogP contribution < -0.4 is 4.90 Å². The van der Waals surface area contributed by atoms with Crippen molar-refractivity contribution in [2.24, 2.45) is 0 Å². The summed E-state index contributed by atoms with van der Waals surface area (Å²) in [6, 6.07) is 5.77. The van der Waals surface area contributed by atoms with Crippen LogP contribution in [0.1, 0.15) is 27.7 Å². The molecule has 5 heteroatoms. The Morgan fingerprint density at radius 1 is 1.47 bits per heavy atom. The van der Waals surface area contributed by atoms with Crippen molar-refractivity contribution in [1.29, 1.82) is 0 Å². The third-order valence-electron chi connectivity index (χ3n) is 2.96. The predicted octanol–water partition coefficient (Wildman–Crippen LogP) is 3.18. The molecule has 2 aromatic rings. The topological polar surface area (TPSA) is 53.4 Å². The lowest BCUT2D eigenvalue weighted by Crippen LogP contribution is -2.25. The van der Waals surface area contributed by atoms with Crippen LogP contribution in [-0.2, 0) is 6.54 Å². The van der Waals surface area contributed by atoms with Gasteiger partial charge in [0.1, 0.15) is 11.4 Å². The number of anilines is 1. The zero-order valence-corrected chi connectivity index (χ0v) is 11.8. The summed E-state index contributed by atoms with van der Waals surface area (Å²) in [7, 11) is 0. The lowest BCUT2D eigenvalue weighted by Gasteiger charge is -2.23. The fourth-order valence-electron chi connectivity index (χ4n) is 1.98. The number of aromatic nitrogens is 1. The molecule has 0 bridgehead atoms. The van der Waals surface area contributed by atoms with Crippen molar-refractivity contribution in [3.8, 4) is 0 Å². The first-order valence-corrected chi connectivity index (χ1v) is 6.97. The SMILES string of the molecule is CCN(Cc1cccs1)c1nccc(C)c1C(=O)O. The van der Waals surface area contributed by atoms with Crippen LogP contribution in [0.25, 0.3) is 0 Å². The van der Waals surface area contributed by atoms with E-state index in [4.69, 9.17) is 0 Å². The summed E-state index contributed by atoms with van der Waals surface area (Å²) >= 11 is 1.66. The lowest BCUT2D eigenvalue weighted by atomic mass is 10.1. The minimum atomic E-state index is -0.926. The molecule has 0 saturated heterocycles. The van der Waals surface area contributed by atoms with Gasteiger partial charge in [-0.05, 0) is 36.9 Å². The van der Waals surface area contributed by atoms with Crippen LogP contribution in [-0.4, -0.2) is 22.6 Å². The number of carbonyl (C=O) groups is 1. The Bertz CT molecular complexity index is 567. The molecule has 0 aliphatic heterocycles. The quantitative estimate of drug-likeness (QED) is 0.911. The molecule has 0 saturated carbocycles. The number of carboxylic acid groups (broad SMARTS) is 1. The fourth-order valence-corrected chi connectivity index (χ4v) is 2.69. The summed E-state index contributed by atoms with van der Waals surface area (Å²) in [5, 5.41) is 11.4. The fraction of sp³-hybridized carbons (Fsp3) is 0.286. The second-order valence-corrected chi connectivity index (χ2v) is 5.26. The Hall–Kier alpha value is -1.88. The number of hydrogen-bond donors (Lipinski definition) is 1. The highest BCUT2D eigenvalue weighted by Crippen LogP contribution is 2.23. The molecule has 0 unspecified atom stereocenters. The Morgan fingerprint density at radius 2 is 2.26 bits per heavy atom. The lowest BCUT2D eigenvalue weighted by molar-refractivity contribution is 0.0696. The van der Waals surface area contributed by atoms with Gasteiger partial charge in [-0.2, -0.15) is 0 Å². The standard InChI is InChI=1S/C14H16N2O2S/c1-3-16(9-11-5-4-8-19-11)13-12(14(17)18)10(2)6-7-15-13/h4-8H,3,9H2,1-2H3,(H,17,18). The normalized spacial score (nSPS) is 10.4. The summed E-state index contributed by atoms with van der Waals surface area (Å²) in [6.45, 7) is 5.20. The number of pyridine rings is 1. The van der Waals surface area contributed by atoms with Gasteiger partial charge in [-0.1, -0.05) is 6.07 Å². The molecule has 19 heavy (non-hydrogen) atoms. The molecule has 0 fully saturated rings. The molecule has 4 nitrogen and oxygen atoms in total. The molecule has 0 radical (unpaired) electrons. The molecule has 0 aromatic carbocycles. The molecule has 0 aliphatic carbocycles. The Morgan fingerprint density at radius 3 is 2.84 bits per heavy atom. The van der Waals surface area contributed by atoms with E-state index in [1.54, 1.807) is 30.5 Å². The molecule has 2 aromatic heterocycles. The maximum atomic E-state index is 11.4. The van der Waals surface area contributed by atoms with Gasteiger partial charge >= 0.3 is 5.97 Å². The average molecular weight is 276 g/mol. The molecular formula is C14H16N2O2S. The van der Waals surface area contributed by atoms with Crippen molar-refractivity contribution < 1.29 is 9.90 Å². The van der Waals surface area contributed by atoms with E-state index >= 15 is 0 Å². The summed E-state index contributed by atoms with van der Waals surface area (Å²) in [5.41, 5.74) is 1.03. The third-order valence-corrected chi connectivity index (χ3v) is 3.82. The van der Waals surface area contributed by atoms with E-state index in [-0.39, 0.29) is 0 Å². The van der Waals surface area contributed by atoms with Crippen molar-refractivity contribution in [3.63, 3.8) is 0 Å². The van der Waals surface area contributed by atoms with Gasteiger partial charge in [-0.3, -0.25) is 0 Å². The Balaban J connectivity index is 2.38. The largest absolute Gasteiger partial charge is 0.478 e. The smallest absolute Gasteiger partial charge is 0.339 e. The van der Waals surface area contributed by atoms with Crippen molar-refractivity contribution >= 4 is 23.1 Å². The second kappa shape index (κ2) is 5.84. The van der Waals surface area contributed by atoms with Gasteiger partial charge in [-0.15, -0.1) is 11.3 Å². The first kappa shape index (κ1) is 13.5. The van der Waals surface area contributed by atoms with Gasteiger partial charge in [0.05, 0.1) is 6.54 Å². The Kier molecular flexibility index (Phi) is 4.16. The van der Waals surface area contributed by atoms with E-state index in [9.17, 15) is 9.90 Å². The van der Waals surface area contributed by atoms with Gasteiger partial charge < -0.3 is 10.0 Å². The molecular weight excluding hydrogens is 260 g/mol. The third kappa shape index (κ3) is 2.93. The molecule has 0 aliphatic rings. The first-order chi connectivity index (χ1) is 9.13. The number of carboxylic acids is 1. The molecule has 0 atom stereocenters. The van der Waals surface area contributed by atoms with Crippen LogP contribution in [0.4, 0.5) is 5.82 Å². The van der Waals surface area contributed by atoms with Gasteiger partial charge in [0.25, 0.3) is 0 Å². The first-order valence-electron chi connectivity index (χ1n) is 6.09. The number of aryl methyl sites for hydroxylation is 1. The predicted molar refractivity (Wildman–Crippen MR) is 77.0 cm³/mol. The molecule has 0 spiro atoms. The van der Waals surface area contributed by atoms with Crippen molar-refractivity contribution in [2.45, 2.75) is 20.4 Å². The van der Waals surface area contributed by atoms with E-state index in [1.165, 1.54) is 4.88 Å². The van der Waals surface area contributed by atoms with E-state index in [1.807, 2.05) is 29.3 Å². The van der Waals surface area contributed by atoms with Crippen LogP contribution in [0.3, 0.4) is 0 Å². The maximum absolute atomic E-state index is 11.4. The van der Waals surface area contributed by atoms with Gasteiger partial charge in [-0.25, -0.2) is 9.78 Å². The molecule has 2 heterocycles. The van der Waals surface area contributed by atoms with Gasteiger partial charge in [0.2, 0.25) is 0 Å². The molecule has 1 N–H and O–H groups in total. The minimum absolute atomic E-state index is 0.293. The minimum Gasteiger partial charge on any atom is -0.478 e. The molecule has 100 valence electrons. The van der Waals surface area contributed by atoms with Crippen molar-refractivity contribution in [2.75, 3.05) is 11.4 Å². The number of thiophene rings is 1. The van der Waals surface area contributed by atoms with E-state index in [0.717, 1.165) is 5.56 Å². The van der Waals surface area contributed by atoms with Crippen molar-refractivity contribution in [1.82, 2.24) is 4.98 Å². The van der Waals surface area contributed by atoms with Gasteiger partial charge in [0, 0.05) is 17.6 Å². The highest BCUT2D eigenvalue weighted by Gasteiger charge is 2.19. The van der Waals surface area contributed by atoms with Crippen LogP contribution in [0, 0.1) is 6.92 Å². The molecule has 2 rings (SSSR count). The average Bonchev–Trinajstić information content (AvgIpc) is 2.88. The summed E-state index contributed by atoms with van der Waals surface area (Å²) in [6.07, 6.45) is 1.66. The second-order valence-electron chi connectivity index (χ2n) is 4.23. The van der Waals surface area contributed by atoms with Crippen LogP contribution in [0.2, 0.25) is 0 Å². The monoisotopic (exact) mass is 276 g/mol. The van der Waals surface area contributed by atoms with E-state index < -0.39 is 5.97 Å². The van der Waals surface area contributed by atoms with E-state index in [2.05, 4.69) is 4.98 Å². The Labute approximate surface area is 116 Å². The van der Waals surface area contributed by atoms with Crippen molar-refractivity contribution in [3.05, 3.63) is 45.8 Å². The number of aromatic carboxylic acids is 1. The molecule has 0 amide bonds. The zero-order chi connectivity index (χ0) is 13.8. The van der Waals surface area contributed by atoms with E-state index in [0.29, 0.717) is 24.5 Å². The van der Waals surface area contributed by atoms with Crippen LogP contribution in [0.5, 0.6) is 0 Å². The number of nitrogens with zero attached hydrogens (tertiary/aromatic N) is 2. The zero-order valence-electron chi connectivity index (χ0n) is 11.0. The van der Waals surface area contributed by atoms with Crippen LogP contribution in [0.15, 0.2) is 29.8 Å². The summed E-state index contributed by atoms with van der Waals surface area (Å²) < 4.78 is 0. The van der Waals surface area contributed by atoms with Gasteiger partial charge in [0.15, 0.2) is 0 Å².